The Kier molecular flexibility index (Phi) is 6.47. The van der Waals surface area contributed by atoms with Crippen molar-refractivity contribution in [3.8, 4) is 45.9 Å². The lowest BCUT2D eigenvalue weighted by atomic mass is 10.1. The van der Waals surface area contributed by atoms with Crippen molar-refractivity contribution in [1.82, 2.24) is 20.2 Å². The van der Waals surface area contributed by atoms with Crippen molar-refractivity contribution < 1.29 is 22.7 Å². The van der Waals surface area contributed by atoms with E-state index in [0.29, 0.717) is 46.0 Å². The summed E-state index contributed by atoms with van der Waals surface area (Å²) in [7, 11) is 0. The quantitative estimate of drug-likeness (QED) is 0.170. The Labute approximate surface area is 333 Å². The number of furan rings is 2. The Morgan fingerprint density at radius 2 is 0.831 bits per heavy atom. The molecule has 0 atom stereocenters. The summed E-state index contributed by atoms with van der Waals surface area (Å²) >= 11 is 0. The van der Waals surface area contributed by atoms with Gasteiger partial charge in [-0.25, -0.2) is 9.97 Å². The first-order valence-electron chi connectivity index (χ1n) is 19.0. The first-order valence-corrected chi connectivity index (χ1v) is 19.0. The first-order chi connectivity index (χ1) is 29.2. The monoisotopic (exact) mass is 766 g/mol. The molecular formula is C48H26N6O5. The van der Waals surface area contributed by atoms with Crippen molar-refractivity contribution in [2.45, 2.75) is 0 Å². The molecule has 0 N–H and O–H groups in total. The van der Waals surface area contributed by atoms with Gasteiger partial charge in [-0.1, -0.05) is 60.7 Å². The molecule has 11 nitrogen and oxygen atoms in total. The largest absolute Gasteiger partial charge is 0.456 e. The van der Waals surface area contributed by atoms with Crippen LogP contribution in [-0.2, 0) is 0 Å². The summed E-state index contributed by atoms with van der Waals surface area (Å²) in [6, 6.07) is 47.5. The molecule has 0 saturated carbocycles. The lowest BCUT2D eigenvalue weighted by molar-refractivity contribution is 0.482. The van der Waals surface area contributed by atoms with Crippen LogP contribution < -0.4 is 19.3 Å². The van der Waals surface area contributed by atoms with E-state index in [1.807, 2.05) is 146 Å². The van der Waals surface area contributed by atoms with Gasteiger partial charge in [0.1, 0.15) is 34.0 Å². The van der Waals surface area contributed by atoms with Gasteiger partial charge >= 0.3 is 0 Å². The fourth-order valence-electron chi connectivity index (χ4n) is 8.28. The summed E-state index contributed by atoms with van der Waals surface area (Å²) in [6.45, 7) is 0. The Morgan fingerprint density at radius 3 is 1.31 bits per heavy atom. The van der Waals surface area contributed by atoms with Crippen molar-refractivity contribution >= 4 is 78.3 Å². The molecule has 7 heterocycles. The molecule has 11 aromatic rings. The first kappa shape index (κ1) is 31.7. The molecule has 0 aliphatic carbocycles. The molecule has 0 unspecified atom stereocenters. The molecule has 0 bridgehead atoms. The molecule has 13 rings (SSSR count). The number of benzene rings is 6. The lowest BCUT2D eigenvalue weighted by Gasteiger charge is -2.32. The molecule has 2 aliphatic heterocycles. The SMILES string of the molecule is c1ccc2c(c1)Oc1c(ccc3oc4ccccc4c13)N2c1ccc(-c2nnc(-c3ccc(N4c5ccccc5Oc5c4ccc4oc6ccccc6c54)nc3)o2)cn1. The zero-order chi connectivity index (χ0) is 38.6. The molecule has 0 spiro atoms. The molecule has 6 aromatic carbocycles. The van der Waals surface area contributed by atoms with E-state index < -0.39 is 0 Å². The number of hydrogen-bond acceptors (Lipinski definition) is 11. The van der Waals surface area contributed by atoms with Gasteiger partial charge in [0, 0.05) is 23.2 Å². The highest BCUT2D eigenvalue weighted by Crippen LogP contribution is 2.55. The molecule has 278 valence electrons. The minimum Gasteiger partial charge on any atom is -0.456 e. The number of fused-ring (bicyclic) bond motifs is 12. The molecule has 59 heavy (non-hydrogen) atoms. The van der Waals surface area contributed by atoms with Crippen LogP contribution in [0.4, 0.5) is 34.4 Å². The maximum atomic E-state index is 6.57. The van der Waals surface area contributed by atoms with Crippen LogP contribution >= 0.6 is 0 Å². The number of rotatable bonds is 4. The van der Waals surface area contributed by atoms with E-state index in [4.69, 9.17) is 32.7 Å². The molecule has 0 radical (unpaired) electrons. The van der Waals surface area contributed by atoms with Crippen LogP contribution in [0.3, 0.4) is 0 Å². The lowest BCUT2D eigenvalue weighted by Crippen LogP contribution is -2.16. The van der Waals surface area contributed by atoms with Crippen molar-refractivity contribution in [2.24, 2.45) is 0 Å². The van der Waals surface area contributed by atoms with E-state index in [0.717, 1.165) is 78.1 Å². The van der Waals surface area contributed by atoms with Crippen LogP contribution in [0.1, 0.15) is 0 Å². The minimum absolute atomic E-state index is 0.338. The van der Waals surface area contributed by atoms with Gasteiger partial charge in [0.25, 0.3) is 0 Å². The molecule has 0 saturated heterocycles. The van der Waals surface area contributed by atoms with Crippen LogP contribution in [-0.4, -0.2) is 20.2 Å². The molecule has 0 amide bonds. The zero-order valence-corrected chi connectivity index (χ0v) is 30.7. The summed E-state index contributed by atoms with van der Waals surface area (Å²) in [4.78, 5) is 14.0. The van der Waals surface area contributed by atoms with Crippen molar-refractivity contribution in [3.63, 3.8) is 0 Å². The summed E-state index contributed by atoms with van der Waals surface area (Å²) in [5.74, 6) is 4.94. The van der Waals surface area contributed by atoms with Crippen LogP contribution in [0.15, 0.2) is 171 Å². The second-order valence-electron chi connectivity index (χ2n) is 14.3. The summed E-state index contributed by atoms with van der Waals surface area (Å²) in [5, 5.41) is 12.6. The second-order valence-corrected chi connectivity index (χ2v) is 14.3. The molecule has 5 aromatic heterocycles. The molecule has 11 heteroatoms. The van der Waals surface area contributed by atoms with Gasteiger partial charge in [0.15, 0.2) is 23.0 Å². The van der Waals surface area contributed by atoms with Gasteiger partial charge < -0.3 is 22.7 Å². The minimum atomic E-state index is 0.338. The molecule has 0 fully saturated rings. The summed E-state index contributed by atoms with van der Waals surface area (Å²) < 4.78 is 31.7. The predicted molar refractivity (Wildman–Crippen MR) is 225 cm³/mol. The van der Waals surface area contributed by atoms with Crippen LogP contribution in [0.25, 0.3) is 66.8 Å². The summed E-state index contributed by atoms with van der Waals surface area (Å²) in [5.41, 5.74) is 7.92. The molecular weight excluding hydrogens is 741 g/mol. The second kappa shape index (κ2) is 12.0. The van der Waals surface area contributed by atoms with Gasteiger partial charge in [-0.3, -0.25) is 9.80 Å². The smallest absolute Gasteiger partial charge is 0.249 e. The van der Waals surface area contributed by atoms with Gasteiger partial charge in [0.2, 0.25) is 11.8 Å². The standard InChI is InChI=1S/C48H26N6O5/c1-5-13-35-29(9-1)43-39(55-35)21-19-33-45(43)57-37-15-7-3-11-31(37)53(33)41-23-17-27(25-49-41)47-51-52-48(59-47)28-18-24-42(50-26-28)54-32-12-4-8-16-38(32)58-46-34(54)20-22-40-44(46)30-10-2-6-14-36(30)56-40/h1-26H. The van der Waals surface area contributed by atoms with Gasteiger partial charge in [0.05, 0.1) is 44.6 Å². The number of aromatic nitrogens is 4. The van der Waals surface area contributed by atoms with Crippen molar-refractivity contribution in [1.29, 1.82) is 0 Å². The van der Waals surface area contributed by atoms with Gasteiger partial charge in [-0.15, -0.1) is 10.2 Å². The average molecular weight is 767 g/mol. The third-order valence-electron chi connectivity index (χ3n) is 10.9. The Morgan fingerprint density at radius 1 is 0.373 bits per heavy atom. The van der Waals surface area contributed by atoms with Crippen LogP contribution in [0.2, 0.25) is 0 Å². The highest BCUT2D eigenvalue weighted by atomic mass is 16.5. The number of ether oxygens (including phenoxy) is 2. The van der Waals surface area contributed by atoms with Crippen LogP contribution in [0, 0.1) is 0 Å². The summed E-state index contributed by atoms with van der Waals surface area (Å²) in [6.07, 6.45) is 3.48. The van der Waals surface area contributed by atoms with E-state index in [1.54, 1.807) is 12.4 Å². The van der Waals surface area contributed by atoms with Gasteiger partial charge in [-0.2, -0.15) is 0 Å². The fourth-order valence-corrected chi connectivity index (χ4v) is 8.28. The predicted octanol–water partition coefficient (Wildman–Crippen LogP) is 13.1. The van der Waals surface area contributed by atoms with E-state index >= 15 is 0 Å². The maximum Gasteiger partial charge on any atom is 0.249 e. The zero-order valence-electron chi connectivity index (χ0n) is 30.7. The van der Waals surface area contributed by atoms with E-state index in [9.17, 15) is 0 Å². The van der Waals surface area contributed by atoms with Crippen molar-refractivity contribution in [2.75, 3.05) is 9.80 Å². The maximum absolute atomic E-state index is 6.57. The Balaban J connectivity index is 0.830. The normalized spacial score (nSPS) is 12.9. The molecule has 2 aliphatic rings. The topological polar surface area (TPSA) is 116 Å². The number of para-hydroxylation sites is 6. The average Bonchev–Trinajstić information content (AvgIpc) is 4.04. The highest BCUT2D eigenvalue weighted by molar-refractivity contribution is 6.13. The Bertz CT molecular complexity index is 3250. The van der Waals surface area contributed by atoms with E-state index in [-0.39, 0.29) is 0 Å². The Hall–Kier alpha value is -8.44. The number of pyridine rings is 2. The number of anilines is 6. The van der Waals surface area contributed by atoms with E-state index in [2.05, 4.69) is 20.0 Å². The van der Waals surface area contributed by atoms with Crippen LogP contribution in [0.5, 0.6) is 23.0 Å². The number of hydrogen-bond donors (Lipinski definition) is 0. The van der Waals surface area contributed by atoms with Gasteiger partial charge in [-0.05, 0) is 84.9 Å². The number of nitrogens with zero attached hydrogens (tertiary/aromatic N) is 6. The third kappa shape index (κ3) is 4.69. The fraction of sp³-hybridized carbons (Fsp3) is 0. The van der Waals surface area contributed by atoms with Crippen molar-refractivity contribution in [3.05, 3.63) is 158 Å². The highest BCUT2D eigenvalue weighted by Gasteiger charge is 2.32. The third-order valence-corrected chi connectivity index (χ3v) is 10.9. The van der Waals surface area contributed by atoms with E-state index in [1.165, 1.54) is 0 Å².